The first-order valence-electron chi connectivity index (χ1n) is 10.5. The van der Waals surface area contributed by atoms with E-state index in [0.717, 1.165) is 19.6 Å². The summed E-state index contributed by atoms with van der Waals surface area (Å²) in [6.07, 6.45) is 10.3. The molecule has 0 N–H and O–H groups in total. The number of aromatic nitrogens is 2. The Morgan fingerprint density at radius 2 is 1.72 bits per heavy atom. The van der Waals surface area contributed by atoms with Gasteiger partial charge in [0.05, 0.1) is 24.0 Å². The largest absolute Gasteiger partial charge is 0.497 e. The van der Waals surface area contributed by atoms with E-state index in [-0.39, 0.29) is 0 Å². The minimum absolute atomic E-state index is 0.321. The van der Waals surface area contributed by atoms with Gasteiger partial charge < -0.3 is 9.30 Å². The molecule has 4 rings (SSSR count). The standard InChI is InChI=1S/C21H30N4O3S/c1-28-20-7-9-21(10-8-20)29(26,27)24-13-11-23(12-14-24)16-19-15-22-17-25(19)18-5-3-2-4-6-18/h7-10,15,17-18H,2-6,11-14,16H2,1H3. The number of sulfonamides is 1. The fourth-order valence-electron chi connectivity index (χ4n) is 4.40. The Labute approximate surface area is 173 Å². The number of rotatable bonds is 6. The van der Waals surface area contributed by atoms with Crippen LogP contribution in [0.25, 0.3) is 0 Å². The van der Waals surface area contributed by atoms with Crippen LogP contribution in [0.4, 0.5) is 0 Å². The van der Waals surface area contributed by atoms with Crippen molar-refractivity contribution >= 4 is 10.0 Å². The van der Waals surface area contributed by atoms with E-state index < -0.39 is 10.0 Å². The first-order valence-corrected chi connectivity index (χ1v) is 11.9. The first kappa shape index (κ1) is 20.4. The minimum Gasteiger partial charge on any atom is -0.497 e. The SMILES string of the molecule is COc1ccc(S(=O)(=O)N2CCN(Cc3cncn3C3CCCCC3)CC2)cc1. The maximum Gasteiger partial charge on any atom is 0.243 e. The van der Waals surface area contributed by atoms with E-state index >= 15 is 0 Å². The second-order valence-electron chi connectivity index (χ2n) is 7.94. The molecule has 158 valence electrons. The van der Waals surface area contributed by atoms with Crippen LogP contribution in [0.2, 0.25) is 0 Å². The van der Waals surface area contributed by atoms with Crippen molar-refractivity contribution in [1.29, 1.82) is 0 Å². The van der Waals surface area contributed by atoms with Crippen LogP contribution in [-0.4, -0.2) is 60.5 Å². The lowest BCUT2D eigenvalue weighted by atomic mass is 9.95. The molecule has 1 aromatic heterocycles. The van der Waals surface area contributed by atoms with Gasteiger partial charge in [0.2, 0.25) is 10.0 Å². The molecule has 29 heavy (non-hydrogen) atoms. The summed E-state index contributed by atoms with van der Waals surface area (Å²) in [4.78, 5) is 7.04. The Morgan fingerprint density at radius 3 is 2.38 bits per heavy atom. The number of ether oxygens (including phenoxy) is 1. The molecule has 1 aliphatic heterocycles. The molecule has 2 fully saturated rings. The van der Waals surface area contributed by atoms with Crippen LogP contribution in [0, 0.1) is 0 Å². The summed E-state index contributed by atoms with van der Waals surface area (Å²) in [7, 11) is -1.89. The lowest BCUT2D eigenvalue weighted by Gasteiger charge is -2.34. The molecule has 1 saturated heterocycles. The van der Waals surface area contributed by atoms with Crippen LogP contribution >= 0.6 is 0 Å². The third-order valence-electron chi connectivity index (χ3n) is 6.13. The number of hydrogen-bond donors (Lipinski definition) is 0. The van der Waals surface area contributed by atoms with Crippen molar-refractivity contribution in [1.82, 2.24) is 18.8 Å². The van der Waals surface area contributed by atoms with Gasteiger partial charge in [-0.1, -0.05) is 19.3 Å². The quantitative estimate of drug-likeness (QED) is 0.722. The Morgan fingerprint density at radius 1 is 1.03 bits per heavy atom. The average molecular weight is 419 g/mol. The van der Waals surface area contributed by atoms with Gasteiger partial charge >= 0.3 is 0 Å². The van der Waals surface area contributed by atoms with E-state index in [9.17, 15) is 8.42 Å². The highest BCUT2D eigenvalue weighted by Gasteiger charge is 2.29. The molecule has 2 heterocycles. The van der Waals surface area contributed by atoms with Gasteiger partial charge in [0.15, 0.2) is 0 Å². The normalized spacial score (nSPS) is 20.0. The molecule has 7 nitrogen and oxygen atoms in total. The second kappa shape index (κ2) is 8.85. The predicted molar refractivity (Wildman–Crippen MR) is 111 cm³/mol. The van der Waals surface area contributed by atoms with Gasteiger partial charge in [-0.05, 0) is 37.1 Å². The van der Waals surface area contributed by atoms with Crippen LogP contribution in [-0.2, 0) is 16.6 Å². The van der Waals surface area contributed by atoms with Crippen LogP contribution in [0.3, 0.4) is 0 Å². The van der Waals surface area contributed by atoms with Gasteiger partial charge in [-0.25, -0.2) is 13.4 Å². The van der Waals surface area contributed by atoms with Crippen molar-refractivity contribution < 1.29 is 13.2 Å². The Kier molecular flexibility index (Phi) is 6.22. The second-order valence-corrected chi connectivity index (χ2v) is 9.88. The van der Waals surface area contributed by atoms with Gasteiger partial charge in [0.1, 0.15) is 5.75 Å². The summed E-state index contributed by atoms with van der Waals surface area (Å²) in [5.74, 6) is 0.656. The van der Waals surface area contributed by atoms with Gasteiger partial charge in [-0.3, -0.25) is 4.90 Å². The number of benzene rings is 1. The summed E-state index contributed by atoms with van der Waals surface area (Å²) < 4.78 is 34.9. The summed E-state index contributed by atoms with van der Waals surface area (Å²) in [5, 5.41) is 0. The maximum atomic E-state index is 12.9. The maximum absolute atomic E-state index is 12.9. The fraction of sp³-hybridized carbons (Fsp3) is 0.571. The smallest absolute Gasteiger partial charge is 0.243 e. The Hall–Kier alpha value is -1.90. The number of hydrogen-bond acceptors (Lipinski definition) is 5. The first-order chi connectivity index (χ1) is 14.1. The van der Waals surface area contributed by atoms with Crippen molar-refractivity contribution in [2.75, 3.05) is 33.3 Å². The molecule has 1 aromatic carbocycles. The number of piperazine rings is 1. The highest BCUT2D eigenvalue weighted by atomic mass is 32.2. The number of imidazole rings is 1. The zero-order valence-corrected chi connectivity index (χ0v) is 17.9. The summed E-state index contributed by atoms with van der Waals surface area (Å²) in [5.41, 5.74) is 1.24. The van der Waals surface area contributed by atoms with Gasteiger partial charge in [0.25, 0.3) is 0 Å². The van der Waals surface area contributed by atoms with Crippen LogP contribution < -0.4 is 4.74 Å². The summed E-state index contributed by atoms with van der Waals surface area (Å²) in [6.45, 7) is 3.29. The van der Waals surface area contributed by atoms with E-state index in [0.29, 0.717) is 29.8 Å². The van der Waals surface area contributed by atoms with E-state index in [1.165, 1.54) is 37.8 Å². The molecular weight excluding hydrogens is 388 g/mol. The van der Waals surface area contributed by atoms with E-state index in [4.69, 9.17) is 4.74 Å². The molecule has 0 unspecified atom stereocenters. The lowest BCUT2D eigenvalue weighted by molar-refractivity contribution is 0.176. The van der Waals surface area contributed by atoms with Gasteiger partial charge in [-0.2, -0.15) is 4.31 Å². The Bertz CT molecular complexity index is 896. The molecule has 2 aliphatic rings. The predicted octanol–water partition coefficient (Wildman–Crippen LogP) is 2.90. The Balaban J connectivity index is 1.36. The molecular formula is C21H30N4O3S. The molecule has 0 spiro atoms. The third kappa shape index (κ3) is 4.49. The van der Waals surface area contributed by atoms with E-state index in [2.05, 4.69) is 14.5 Å². The molecule has 0 bridgehead atoms. The molecule has 0 radical (unpaired) electrons. The van der Waals surface area contributed by atoms with Crippen molar-refractivity contribution in [3.05, 3.63) is 42.5 Å². The van der Waals surface area contributed by atoms with Crippen molar-refractivity contribution in [3.8, 4) is 5.75 Å². The highest BCUT2D eigenvalue weighted by Crippen LogP contribution is 2.29. The van der Waals surface area contributed by atoms with Gasteiger partial charge in [0, 0.05) is 45.0 Å². The fourth-order valence-corrected chi connectivity index (χ4v) is 5.82. The minimum atomic E-state index is -3.46. The van der Waals surface area contributed by atoms with Crippen molar-refractivity contribution in [2.24, 2.45) is 0 Å². The molecule has 1 saturated carbocycles. The average Bonchev–Trinajstić information content (AvgIpc) is 3.23. The molecule has 2 aromatic rings. The summed E-state index contributed by atoms with van der Waals surface area (Å²) >= 11 is 0. The van der Waals surface area contributed by atoms with Crippen LogP contribution in [0.15, 0.2) is 41.7 Å². The molecule has 8 heteroatoms. The molecule has 0 amide bonds. The topological polar surface area (TPSA) is 67.7 Å². The van der Waals surface area contributed by atoms with Crippen molar-refractivity contribution in [3.63, 3.8) is 0 Å². The van der Waals surface area contributed by atoms with Crippen LogP contribution in [0.5, 0.6) is 5.75 Å². The summed E-state index contributed by atoms with van der Waals surface area (Å²) in [6, 6.07) is 7.18. The number of methoxy groups -OCH3 is 1. The van der Waals surface area contributed by atoms with E-state index in [1.807, 2.05) is 12.5 Å². The van der Waals surface area contributed by atoms with Gasteiger partial charge in [-0.15, -0.1) is 0 Å². The zero-order chi connectivity index (χ0) is 20.3. The highest BCUT2D eigenvalue weighted by molar-refractivity contribution is 7.89. The van der Waals surface area contributed by atoms with E-state index in [1.54, 1.807) is 35.7 Å². The van der Waals surface area contributed by atoms with Crippen molar-refractivity contribution in [2.45, 2.75) is 49.6 Å². The lowest BCUT2D eigenvalue weighted by Crippen LogP contribution is -2.48. The zero-order valence-electron chi connectivity index (χ0n) is 17.0. The molecule has 0 atom stereocenters. The molecule has 1 aliphatic carbocycles. The monoisotopic (exact) mass is 418 g/mol. The third-order valence-corrected chi connectivity index (χ3v) is 8.04. The number of nitrogens with zero attached hydrogens (tertiary/aromatic N) is 4. The van der Waals surface area contributed by atoms with Crippen LogP contribution in [0.1, 0.15) is 43.8 Å².